The second-order valence-corrected chi connectivity index (χ2v) is 5.95. The molecule has 1 unspecified atom stereocenters. The minimum atomic E-state index is 0.604. The van der Waals surface area contributed by atoms with E-state index in [1.165, 1.54) is 57.4 Å². The van der Waals surface area contributed by atoms with E-state index in [4.69, 9.17) is 0 Å². The van der Waals surface area contributed by atoms with Crippen molar-refractivity contribution in [3.63, 3.8) is 0 Å². The van der Waals surface area contributed by atoms with Gasteiger partial charge in [-0.05, 0) is 68.8 Å². The standard InChI is InChI=1S/C16H24N2/c1-2-4-14(5-3-1)12-15-13-18-11-8-16(15)6-9-17-10-7-16/h1-5,15,17-18H,6-13H2. The van der Waals surface area contributed by atoms with E-state index >= 15 is 0 Å². The van der Waals surface area contributed by atoms with E-state index in [2.05, 4.69) is 41.0 Å². The Bertz CT molecular complexity index is 360. The van der Waals surface area contributed by atoms with Crippen molar-refractivity contribution in [1.29, 1.82) is 0 Å². The molecule has 2 aliphatic heterocycles. The van der Waals surface area contributed by atoms with Crippen LogP contribution in [0.2, 0.25) is 0 Å². The topological polar surface area (TPSA) is 24.1 Å². The molecule has 2 heterocycles. The van der Waals surface area contributed by atoms with Crippen molar-refractivity contribution in [3.05, 3.63) is 35.9 Å². The Labute approximate surface area is 110 Å². The smallest absolute Gasteiger partial charge is 0.00120 e. The summed E-state index contributed by atoms with van der Waals surface area (Å²) in [6.07, 6.45) is 5.35. The first-order chi connectivity index (χ1) is 8.89. The summed E-state index contributed by atoms with van der Waals surface area (Å²) in [4.78, 5) is 0. The third kappa shape index (κ3) is 2.45. The summed E-state index contributed by atoms with van der Waals surface area (Å²) in [5.74, 6) is 0.816. The van der Waals surface area contributed by atoms with Crippen molar-refractivity contribution in [1.82, 2.24) is 10.6 Å². The van der Waals surface area contributed by atoms with E-state index in [1.807, 2.05) is 0 Å². The molecular formula is C16H24N2. The predicted molar refractivity (Wildman–Crippen MR) is 75.7 cm³/mol. The Morgan fingerprint density at radius 3 is 2.33 bits per heavy atom. The summed E-state index contributed by atoms with van der Waals surface area (Å²) in [6.45, 7) is 4.84. The van der Waals surface area contributed by atoms with Crippen LogP contribution in [0.4, 0.5) is 0 Å². The van der Waals surface area contributed by atoms with Crippen LogP contribution >= 0.6 is 0 Å². The quantitative estimate of drug-likeness (QED) is 0.833. The van der Waals surface area contributed by atoms with Gasteiger partial charge in [-0.15, -0.1) is 0 Å². The molecule has 1 spiro atoms. The zero-order valence-electron chi connectivity index (χ0n) is 11.1. The third-order valence-corrected chi connectivity index (χ3v) is 4.98. The van der Waals surface area contributed by atoms with Gasteiger partial charge in [0.25, 0.3) is 0 Å². The summed E-state index contributed by atoms with van der Waals surface area (Å²) < 4.78 is 0. The SMILES string of the molecule is c1ccc(CC2CNCCC23CCNCC3)cc1. The third-order valence-electron chi connectivity index (χ3n) is 4.98. The highest BCUT2D eigenvalue weighted by atomic mass is 14.9. The van der Waals surface area contributed by atoms with Gasteiger partial charge in [-0.25, -0.2) is 0 Å². The van der Waals surface area contributed by atoms with Crippen LogP contribution in [0, 0.1) is 11.3 Å². The van der Waals surface area contributed by atoms with E-state index in [-0.39, 0.29) is 0 Å². The number of nitrogens with one attached hydrogen (secondary N) is 2. The number of benzene rings is 1. The predicted octanol–water partition coefficient (Wildman–Crippen LogP) is 2.21. The molecule has 0 radical (unpaired) electrons. The highest BCUT2D eigenvalue weighted by Crippen LogP contribution is 2.43. The van der Waals surface area contributed by atoms with Gasteiger partial charge in [0.2, 0.25) is 0 Å². The molecule has 2 heteroatoms. The van der Waals surface area contributed by atoms with Crippen molar-refractivity contribution in [3.8, 4) is 0 Å². The molecule has 1 aromatic carbocycles. The molecular weight excluding hydrogens is 220 g/mol. The van der Waals surface area contributed by atoms with E-state index in [0.717, 1.165) is 5.92 Å². The van der Waals surface area contributed by atoms with Crippen LogP contribution in [0.25, 0.3) is 0 Å². The van der Waals surface area contributed by atoms with Crippen molar-refractivity contribution in [2.45, 2.75) is 25.7 Å². The lowest BCUT2D eigenvalue weighted by atomic mass is 9.63. The molecule has 2 aliphatic rings. The van der Waals surface area contributed by atoms with Gasteiger partial charge in [0.05, 0.1) is 0 Å². The molecule has 1 atom stereocenters. The molecule has 0 saturated carbocycles. The normalized spacial score (nSPS) is 27.2. The maximum atomic E-state index is 3.61. The van der Waals surface area contributed by atoms with Crippen molar-refractivity contribution >= 4 is 0 Å². The fourth-order valence-corrected chi connectivity index (χ4v) is 3.80. The van der Waals surface area contributed by atoms with Gasteiger partial charge >= 0.3 is 0 Å². The second kappa shape index (κ2) is 5.41. The molecule has 18 heavy (non-hydrogen) atoms. The monoisotopic (exact) mass is 244 g/mol. The number of rotatable bonds is 2. The average Bonchev–Trinajstić information content (AvgIpc) is 2.44. The van der Waals surface area contributed by atoms with E-state index in [1.54, 1.807) is 0 Å². The molecule has 2 N–H and O–H groups in total. The van der Waals surface area contributed by atoms with Crippen LogP contribution in [-0.4, -0.2) is 26.2 Å². The molecule has 2 nitrogen and oxygen atoms in total. The number of hydrogen-bond donors (Lipinski definition) is 2. The Morgan fingerprint density at radius 1 is 0.944 bits per heavy atom. The zero-order valence-corrected chi connectivity index (χ0v) is 11.1. The Kier molecular flexibility index (Phi) is 3.67. The van der Waals surface area contributed by atoms with Crippen LogP contribution < -0.4 is 10.6 Å². The lowest BCUT2D eigenvalue weighted by Crippen LogP contribution is -2.50. The van der Waals surface area contributed by atoms with Crippen LogP contribution in [0.5, 0.6) is 0 Å². The minimum Gasteiger partial charge on any atom is -0.317 e. The van der Waals surface area contributed by atoms with Gasteiger partial charge in [-0.3, -0.25) is 0 Å². The highest BCUT2D eigenvalue weighted by Gasteiger charge is 2.40. The molecule has 3 rings (SSSR count). The molecule has 0 amide bonds. The van der Waals surface area contributed by atoms with Gasteiger partial charge in [0.1, 0.15) is 0 Å². The van der Waals surface area contributed by atoms with Crippen LogP contribution in [0.3, 0.4) is 0 Å². The van der Waals surface area contributed by atoms with Crippen molar-refractivity contribution in [2.75, 3.05) is 26.2 Å². The second-order valence-electron chi connectivity index (χ2n) is 5.95. The van der Waals surface area contributed by atoms with Crippen molar-refractivity contribution in [2.24, 2.45) is 11.3 Å². The van der Waals surface area contributed by atoms with Gasteiger partial charge in [0.15, 0.2) is 0 Å². The summed E-state index contributed by atoms with van der Waals surface area (Å²) in [5.41, 5.74) is 2.11. The first-order valence-corrected chi connectivity index (χ1v) is 7.34. The molecule has 0 bridgehead atoms. The summed E-state index contributed by atoms with van der Waals surface area (Å²) in [7, 11) is 0. The lowest BCUT2D eigenvalue weighted by molar-refractivity contribution is 0.0669. The average molecular weight is 244 g/mol. The number of piperidine rings is 2. The zero-order chi connectivity index (χ0) is 12.3. The van der Waals surface area contributed by atoms with Crippen LogP contribution in [0.1, 0.15) is 24.8 Å². The summed E-state index contributed by atoms with van der Waals surface area (Å²) in [6, 6.07) is 11.0. The fraction of sp³-hybridized carbons (Fsp3) is 0.625. The Morgan fingerprint density at radius 2 is 1.61 bits per heavy atom. The first-order valence-electron chi connectivity index (χ1n) is 7.34. The van der Waals surface area contributed by atoms with Crippen molar-refractivity contribution < 1.29 is 0 Å². The van der Waals surface area contributed by atoms with Gasteiger partial charge in [-0.2, -0.15) is 0 Å². The van der Waals surface area contributed by atoms with Crippen LogP contribution in [0.15, 0.2) is 30.3 Å². The van der Waals surface area contributed by atoms with E-state index in [0.29, 0.717) is 5.41 Å². The largest absolute Gasteiger partial charge is 0.317 e. The first kappa shape index (κ1) is 12.2. The Balaban J connectivity index is 1.75. The molecule has 0 aliphatic carbocycles. The van der Waals surface area contributed by atoms with E-state index < -0.39 is 0 Å². The van der Waals surface area contributed by atoms with Gasteiger partial charge < -0.3 is 10.6 Å². The maximum absolute atomic E-state index is 3.61. The molecule has 2 fully saturated rings. The van der Waals surface area contributed by atoms with Crippen LogP contribution in [-0.2, 0) is 6.42 Å². The van der Waals surface area contributed by atoms with Gasteiger partial charge in [0, 0.05) is 0 Å². The molecule has 2 saturated heterocycles. The van der Waals surface area contributed by atoms with Gasteiger partial charge in [-0.1, -0.05) is 30.3 Å². The molecule has 98 valence electrons. The molecule has 1 aromatic rings. The highest BCUT2D eigenvalue weighted by molar-refractivity contribution is 5.16. The molecule has 0 aromatic heterocycles. The fourth-order valence-electron chi connectivity index (χ4n) is 3.80. The minimum absolute atomic E-state index is 0.604. The lowest BCUT2D eigenvalue weighted by Gasteiger charge is -2.47. The summed E-state index contributed by atoms with van der Waals surface area (Å²) in [5, 5.41) is 7.13. The number of hydrogen-bond acceptors (Lipinski definition) is 2. The summed E-state index contributed by atoms with van der Waals surface area (Å²) >= 11 is 0. The van der Waals surface area contributed by atoms with E-state index in [9.17, 15) is 0 Å². The Hall–Kier alpha value is -0.860. The maximum Gasteiger partial charge on any atom is -0.00120 e.